The standard InChI is InChI=1S/C31H43N5O7/c1-5-23(32-30(40)26-17-22(43-35-26)18-36-11-13-41-14-12-36)28(38)34-25(16-21-9-7-6-8-10-21)29(39)33-24(15-20(2)3)27(37)31(4)19-42-31/h6-10,17,20,23-25H,5,11-16,18-19H2,1-4H3,(H,32,40)(H,33,39)(H,34,38)/t23-,24-,25-,31-/m0/s1. The topological polar surface area (TPSA) is 155 Å². The molecule has 0 aliphatic carbocycles. The van der Waals surface area contributed by atoms with E-state index in [1.807, 2.05) is 44.2 Å². The lowest BCUT2D eigenvalue weighted by Crippen LogP contribution is -2.57. The van der Waals surface area contributed by atoms with E-state index in [1.54, 1.807) is 19.9 Å². The van der Waals surface area contributed by atoms with Crippen LogP contribution in [0.5, 0.6) is 0 Å². The predicted octanol–water partition coefficient (Wildman–Crippen LogP) is 1.63. The molecular formula is C31H43N5O7. The number of Topliss-reactive ketones (excluding diaryl/α,β-unsaturated/α-hetero) is 1. The third-order valence-corrected chi connectivity index (χ3v) is 7.66. The van der Waals surface area contributed by atoms with E-state index in [1.165, 1.54) is 0 Å². The summed E-state index contributed by atoms with van der Waals surface area (Å²) in [4.78, 5) is 55.3. The first-order valence-corrected chi connectivity index (χ1v) is 15.0. The third-order valence-electron chi connectivity index (χ3n) is 7.66. The molecule has 3 N–H and O–H groups in total. The first-order chi connectivity index (χ1) is 20.6. The molecule has 2 saturated heterocycles. The number of hydrogen-bond acceptors (Lipinski definition) is 9. The summed E-state index contributed by atoms with van der Waals surface area (Å²) in [5.41, 5.74) is 0.00441. The SMILES string of the molecule is CC[C@H](NC(=O)c1cc(CN2CCOCC2)on1)C(=O)N[C@@H](Cc1ccccc1)C(=O)N[C@@H](CC(C)C)C(=O)[C@]1(C)CO1. The van der Waals surface area contributed by atoms with Gasteiger partial charge in [0.1, 0.15) is 17.7 Å². The summed E-state index contributed by atoms with van der Waals surface area (Å²) in [6.45, 7) is 11.0. The van der Waals surface area contributed by atoms with Crippen LogP contribution in [0.4, 0.5) is 0 Å². The van der Waals surface area contributed by atoms with Crippen LogP contribution in [0.25, 0.3) is 0 Å². The number of nitrogens with zero attached hydrogens (tertiary/aromatic N) is 2. The molecule has 12 nitrogen and oxygen atoms in total. The fourth-order valence-corrected chi connectivity index (χ4v) is 4.99. The predicted molar refractivity (Wildman–Crippen MR) is 157 cm³/mol. The van der Waals surface area contributed by atoms with Crippen molar-refractivity contribution in [3.63, 3.8) is 0 Å². The molecule has 2 aliphatic heterocycles. The number of carbonyl (C=O) groups is 4. The second kappa shape index (κ2) is 14.7. The van der Waals surface area contributed by atoms with Crippen molar-refractivity contribution in [3.8, 4) is 0 Å². The van der Waals surface area contributed by atoms with Gasteiger partial charge in [0.15, 0.2) is 17.2 Å². The van der Waals surface area contributed by atoms with Crippen molar-refractivity contribution < 1.29 is 33.2 Å². The van der Waals surface area contributed by atoms with Gasteiger partial charge < -0.3 is 29.9 Å². The molecule has 2 aliphatic rings. The highest BCUT2D eigenvalue weighted by molar-refractivity contribution is 5.99. The second-order valence-corrected chi connectivity index (χ2v) is 11.8. The van der Waals surface area contributed by atoms with E-state index < -0.39 is 41.4 Å². The number of amides is 3. The zero-order valence-electron chi connectivity index (χ0n) is 25.4. The number of benzene rings is 1. The maximum atomic E-state index is 13.6. The fourth-order valence-electron chi connectivity index (χ4n) is 4.99. The fraction of sp³-hybridized carbons (Fsp3) is 0.581. The van der Waals surface area contributed by atoms with E-state index in [0.717, 1.165) is 18.7 Å². The zero-order chi connectivity index (χ0) is 31.0. The molecule has 0 unspecified atom stereocenters. The van der Waals surface area contributed by atoms with Crippen molar-refractivity contribution in [2.45, 2.75) is 77.2 Å². The Morgan fingerprint density at radius 1 is 0.977 bits per heavy atom. The molecule has 1 aromatic heterocycles. The Labute approximate surface area is 252 Å². The summed E-state index contributed by atoms with van der Waals surface area (Å²) in [7, 11) is 0. The summed E-state index contributed by atoms with van der Waals surface area (Å²) in [5, 5.41) is 12.3. The molecule has 0 saturated carbocycles. The average molecular weight is 598 g/mol. The van der Waals surface area contributed by atoms with Crippen molar-refractivity contribution in [2.24, 2.45) is 5.92 Å². The molecule has 2 fully saturated rings. The average Bonchev–Trinajstić information content (AvgIpc) is 3.57. The highest BCUT2D eigenvalue weighted by Gasteiger charge is 2.50. The second-order valence-electron chi connectivity index (χ2n) is 11.8. The van der Waals surface area contributed by atoms with Crippen molar-refractivity contribution in [1.29, 1.82) is 0 Å². The molecule has 1 aromatic carbocycles. The van der Waals surface area contributed by atoms with Gasteiger partial charge in [0, 0.05) is 25.6 Å². The molecule has 43 heavy (non-hydrogen) atoms. The number of epoxide rings is 1. The molecule has 234 valence electrons. The van der Waals surface area contributed by atoms with Gasteiger partial charge in [-0.15, -0.1) is 0 Å². The minimum absolute atomic E-state index is 0.0684. The molecule has 4 rings (SSSR count). The molecule has 0 radical (unpaired) electrons. The lowest BCUT2D eigenvalue weighted by molar-refractivity contribution is -0.133. The number of carbonyl (C=O) groups excluding carboxylic acids is 4. The molecule has 3 amide bonds. The highest BCUT2D eigenvalue weighted by atomic mass is 16.6. The van der Waals surface area contributed by atoms with E-state index in [0.29, 0.717) is 38.5 Å². The smallest absolute Gasteiger partial charge is 0.274 e. The number of ether oxygens (including phenoxy) is 2. The Balaban J connectivity index is 1.42. The monoisotopic (exact) mass is 597 g/mol. The zero-order valence-corrected chi connectivity index (χ0v) is 25.4. The number of aromatic nitrogens is 1. The Morgan fingerprint density at radius 3 is 2.26 bits per heavy atom. The van der Waals surface area contributed by atoms with E-state index in [2.05, 4.69) is 26.0 Å². The third kappa shape index (κ3) is 9.19. The van der Waals surface area contributed by atoms with Crippen LogP contribution < -0.4 is 16.0 Å². The van der Waals surface area contributed by atoms with Gasteiger partial charge in [-0.2, -0.15) is 0 Å². The van der Waals surface area contributed by atoms with Crippen molar-refractivity contribution >= 4 is 23.5 Å². The van der Waals surface area contributed by atoms with Crippen LogP contribution in [0.1, 0.15) is 62.3 Å². The van der Waals surface area contributed by atoms with Crippen LogP contribution in [0.2, 0.25) is 0 Å². The molecule has 0 spiro atoms. The lowest BCUT2D eigenvalue weighted by Gasteiger charge is -2.26. The van der Waals surface area contributed by atoms with Crippen LogP contribution in [0.15, 0.2) is 40.9 Å². The first-order valence-electron chi connectivity index (χ1n) is 15.0. The largest absolute Gasteiger partial charge is 0.379 e. The normalized spacial score (nSPS) is 20.6. The van der Waals surface area contributed by atoms with Gasteiger partial charge in [0.2, 0.25) is 11.8 Å². The van der Waals surface area contributed by atoms with Crippen LogP contribution in [-0.4, -0.2) is 90.2 Å². The molecule has 4 atom stereocenters. The summed E-state index contributed by atoms with van der Waals surface area (Å²) >= 11 is 0. The van der Waals surface area contributed by atoms with Crippen LogP contribution in [-0.2, 0) is 36.8 Å². The quantitative estimate of drug-likeness (QED) is 0.260. The van der Waals surface area contributed by atoms with Crippen molar-refractivity contribution in [3.05, 3.63) is 53.4 Å². The Kier molecular flexibility index (Phi) is 11.1. The summed E-state index contributed by atoms with van der Waals surface area (Å²) in [6, 6.07) is 8.19. The van der Waals surface area contributed by atoms with Gasteiger partial charge in [-0.25, -0.2) is 0 Å². The van der Waals surface area contributed by atoms with Crippen LogP contribution >= 0.6 is 0 Å². The lowest BCUT2D eigenvalue weighted by atomic mass is 9.93. The minimum Gasteiger partial charge on any atom is -0.379 e. The Bertz CT molecular complexity index is 1250. The number of ketones is 1. The van der Waals surface area contributed by atoms with Gasteiger partial charge in [-0.1, -0.05) is 56.3 Å². The van der Waals surface area contributed by atoms with Gasteiger partial charge in [-0.3, -0.25) is 24.1 Å². The van der Waals surface area contributed by atoms with E-state index in [9.17, 15) is 19.2 Å². The minimum atomic E-state index is -0.983. The molecule has 3 heterocycles. The summed E-state index contributed by atoms with van der Waals surface area (Å²) < 4.78 is 16.1. The van der Waals surface area contributed by atoms with Gasteiger partial charge in [0.25, 0.3) is 5.91 Å². The number of rotatable bonds is 15. The Morgan fingerprint density at radius 2 is 1.63 bits per heavy atom. The van der Waals surface area contributed by atoms with Gasteiger partial charge in [-0.05, 0) is 31.2 Å². The Hall–Kier alpha value is -3.61. The first kappa shape index (κ1) is 32.3. The maximum absolute atomic E-state index is 13.6. The van der Waals surface area contributed by atoms with E-state index in [4.69, 9.17) is 14.0 Å². The van der Waals surface area contributed by atoms with E-state index >= 15 is 0 Å². The molecule has 12 heteroatoms. The van der Waals surface area contributed by atoms with Crippen molar-refractivity contribution in [2.75, 3.05) is 32.9 Å². The van der Waals surface area contributed by atoms with Crippen LogP contribution in [0, 0.1) is 5.92 Å². The van der Waals surface area contributed by atoms with Gasteiger partial charge in [0.05, 0.1) is 32.4 Å². The number of hydrogen-bond donors (Lipinski definition) is 3. The molecule has 2 aromatic rings. The highest BCUT2D eigenvalue weighted by Crippen LogP contribution is 2.29. The van der Waals surface area contributed by atoms with Crippen molar-refractivity contribution in [1.82, 2.24) is 26.0 Å². The summed E-state index contributed by atoms with van der Waals surface area (Å²) in [5.74, 6) is -1.05. The van der Waals surface area contributed by atoms with Gasteiger partial charge >= 0.3 is 0 Å². The van der Waals surface area contributed by atoms with E-state index in [-0.39, 0.29) is 30.2 Å². The summed E-state index contributed by atoms with van der Waals surface area (Å²) in [6.07, 6.45) is 0.918. The number of nitrogens with one attached hydrogen (secondary N) is 3. The maximum Gasteiger partial charge on any atom is 0.274 e. The molecule has 0 bridgehead atoms. The van der Waals surface area contributed by atoms with Crippen LogP contribution in [0.3, 0.4) is 0 Å². The molecular weight excluding hydrogens is 554 g/mol. The number of morpholine rings is 1.